The second-order valence-electron chi connectivity index (χ2n) is 4.47. The molecule has 0 bridgehead atoms. The van der Waals surface area contributed by atoms with Crippen molar-refractivity contribution in [3.8, 4) is 0 Å². The van der Waals surface area contributed by atoms with Crippen LogP contribution < -0.4 is 27.6 Å². The lowest BCUT2D eigenvalue weighted by atomic mass is 10.4. The molecule has 20 heavy (non-hydrogen) atoms. The van der Waals surface area contributed by atoms with Gasteiger partial charge >= 0.3 is 5.69 Å². The molecule has 0 atom stereocenters. The molecule has 1 amide bonds. The molecule has 0 unspecified atom stereocenters. The Balaban J connectivity index is 3.04. The zero-order valence-electron chi connectivity index (χ0n) is 12.0. The first kappa shape index (κ1) is 15.8. The van der Waals surface area contributed by atoms with E-state index in [-0.39, 0.29) is 17.4 Å². The van der Waals surface area contributed by atoms with Crippen LogP contribution in [0.1, 0.15) is 20.3 Å². The van der Waals surface area contributed by atoms with Gasteiger partial charge in [-0.1, -0.05) is 6.92 Å². The van der Waals surface area contributed by atoms with Crippen molar-refractivity contribution in [1.82, 2.24) is 14.5 Å². The third-order valence-corrected chi connectivity index (χ3v) is 2.83. The number of rotatable bonds is 6. The SMILES string of the molecule is CCCn1c(N)c(NCCNC(C)=O)c(=O)n(C)c1=O. The zero-order chi connectivity index (χ0) is 15.3. The fourth-order valence-corrected chi connectivity index (χ4v) is 1.82. The monoisotopic (exact) mass is 283 g/mol. The van der Waals surface area contributed by atoms with E-state index in [0.717, 1.165) is 11.0 Å². The molecule has 4 N–H and O–H groups in total. The highest BCUT2D eigenvalue weighted by molar-refractivity contribution is 5.72. The Kier molecular flexibility index (Phi) is 5.36. The number of aromatic nitrogens is 2. The first-order valence-electron chi connectivity index (χ1n) is 6.47. The molecule has 0 aromatic carbocycles. The van der Waals surface area contributed by atoms with E-state index in [0.29, 0.717) is 19.6 Å². The molecule has 1 aromatic heterocycles. The molecule has 0 fully saturated rings. The Labute approximate surface area is 116 Å². The largest absolute Gasteiger partial charge is 0.383 e. The standard InChI is InChI=1S/C12H21N5O3/c1-4-7-17-10(13)9(11(19)16(3)12(17)20)15-6-5-14-8(2)18/h15H,4-7,13H2,1-3H3,(H,14,18). The van der Waals surface area contributed by atoms with E-state index >= 15 is 0 Å². The molecular formula is C12H21N5O3. The molecule has 1 heterocycles. The van der Waals surface area contributed by atoms with Crippen molar-refractivity contribution in [3.05, 3.63) is 20.8 Å². The van der Waals surface area contributed by atoms with Crippen LogP contribution in [0.4, 0.5) is 11.5 Å². The van der Waals surface area contributed by atoms with Crippen molar-refractivity contribution < 1.29 is 4.79 Å². The van der Waals surface area contributed by atoms with Gasteiger partial charge in [0.25, 0.3) is 5.56 Å². The van der Waals surface area contributed by atoms with Crippen LogP contribution in [-0.4, -0.2) is 28.1 Å². The van der Waals surface area contributed by atoms with Crippen LogP contribution in [0, 0.1) is 0 Å². The number of carbonyl (C=O) groups is 1. The Bertz CT molecular complexity index is 602. The van der Waals surface area contributed by atoms with Gasteiger partial charge < -0.3 is 16.4 Å². The fraction of sp³-hybridized carbons (Fsp3) is 0.583. The number of carbonyl (C=O) groups excluding carboxylic acids is 1. The molecular weight excluding hydrogens is 262 g/mol. The number of nitrogens with one attached hydrogen (secondary N) is 2. The normalized spacial score (nSPS) is 10.3. The van der Waals surface area contributed by atoms with Gasteiger partial charge in [0, 0.05) is 33.6 Å². The third-order valence-electron chi connectivity index (χ3n) is 2.83. The lowest BCUT2D eigenvalue weighted by molar-refractivity contribution is -0.118. The molecule has 8 heteroatoms. The van der Waals surface area contributed by atoms with Crippen LogP contribution in [0.2, 0.25) is 0 Å². The quantitative estimate of drug-likeness (QED) is 0.585. The van der Waals surface area contributed by atoms with Gasteiger partial charge in [-0.25, -0.2) is 4.79 Å². The number of hydrogen-bond donors (Lipinski definition) is 3. The van der Waals surface area contributed by atoms with E-state index in [1.54, 1.807) is 0 Å². The summed E-state index contributed by atoms with van der Waals surface area (Å²) >= 11 is 0. The smallest absolute Gasteiger partial charge is 0.332 e. The summed E-state index contributed by atoms with van der Waals surface area (Å²) in [6.07, 6.45) is 0.730. The summed E-state index contributed by atoms with van der Waals surface area (Å²) in [4.78, 5) is 34.7. The number of hydrogen-bond acceptors (Lipinski definition) is 5. The van der Waals surface area contributed by atoms with Crippen LogP contribution in [0.25, 0.3) is 0 Å². The number of nitrogens with zero attached hydrogens (tertiary/aromatic N) is 2. The third kappa shape index (κ3) is 3.40. The van der Waals surface area contributed by atoms with Crippen molar-refractivity contribution in [3.63, 3.8) is 0 Å². The minimum absolute atomic E-state index is 0.128. The van der Waals surface area contributed by atoms with Gasteiger partial charge in [0.15, 0.2) is 0 Å². The maximum Gasteiger partial charge on any atom is 0.332 e. The van der Waals surface area contributed by atoms with Gasteiger partial charge in [-0.3, -0.25) is 18.7 Å². The predicted molar refractivity (Wildman–Crippen MR) is 77.8 cm³/mol. The minimum atomic E-state index is -0.470. The second kappa shape index (κ2) is 6.78. The molecule has 0 aliphatic heterocycles. The summed E-state index contributed by atoms with van der Waals surface area (Å²) in [6.45, 7) is 4.49. The summed E-state index contributed by atoms with van der Waals surface area (Å²) in [5.41, 5.74) is 5.17. The summed E-state index contributed by atoms with van der Waals surface area (Å²) in [6, 6.07) is 0. The van der Waals surface area contributed by atoms with Gasteiger partial charge in [0.05, 0.1) is 0 Å². The van der Waals surface area contributed by atoms with E-state index < -0.39 is 11.2 Å². The van der Waals surface area contributed by atoms with Gasteiger partial charge in [0.2, 0.25) is 5.91 Å². The molecule has 1 rings (SSSR count). The lowest BCUT2D eigenvalue weighted by Crippen LogP contribution is -2.41. The highest BCUT2D eigenvalue weighted by Gasteiger charge is 2.14. The van der Waals surface area contributed by atoms with Crippen molar-refractivity contribution in [1.29, 1.82) is 0 Å². The fourth-order valence-electron chi connectivity index (χ4n) is 1.82. The summed E-state index contributed by atoms with van der Waals surface area (Å²) in [7, 11) is 1.41. The summed E-state index contributed by atoms with van der Waals surface area (Å²) < 4.78 is 2.38. The van der Waals surface area contributed by atoms with Crippen LogP contribution in [0.3, 0.4) is 0 Å². The molecule has 1 aromatic rings. The molecule has 0 aliphatic rings. The van der Waals surface area contributed by atoms with Gasteiger partial charge in [-0.2, -0.15) is 0 Å². The van der Waals surface area contributed by atoms with Crippen LogP contribution in [-0.2, 0) is 18.4 Å². The average Bonchev–Trinajstić information content (AvgIpc) is 2.40. The van der Waals surface area contributed by atoms with Gasteiger partial charge in [-0.05, 0) is 6.42 Å². The van der Waals surface area contributed by atoms with Gasteiger partial charge in [0.1, 0.15) is 11.5 Å². The Morgan fingerprint density at radius 2 is 1.95 bits per heavy atom. The molecule has 8 nitrogen and oxygen atoms in total. The number of anilines is 2. The molecule has 0 radical (unpaired) electrons. The lowest BCUT2D eigenvalue weighted by Gasteiger charge is -2.15. The Hall–Kier alpha value is -2.25. The van der Waals surface area contributed by atoms with Gasteiger partial charge in [-0.15, -0.1) is 0 Å². The number of amides is 1. The second-order valence-corrected chi connectivity index (χ2v) is 4.47. The van der Waals surface area contributed by atoms with E-state index in [2.05, 4.69) is 10.6 Å². The van der Waals surface area contributed by atoms with E-state index in [1.807, 2.05) is 6.92 Å². The predicted octanol–water partition coefficient (Wildman–Crippen LogP) is -0.913. The Morgan fingerprint density at radius 3 is 2.50 bits per heavy atom. The highest BCUT2D eigenvalue weighted by Crippen LogP contribution is 2.10. The van der Waals surface area contributed by atoms with Crippen molar-refractivity contribution >= 4 is 17.4 Å². The van der Waals surface area contributed by atoms with E-state index in [9.17, 15) is 14.4 Å². The molecule has 112 valence electrons. The topological polar surface area (TPSA) is 111 Å². The van der Waals surface area contributed by atoms with Crippen LogP contribution >= 0.6 is 0 Å². The highest BCUT2D eigenvalue weighted by atomic mass is 16.2. The zero-order valence-corrected chi connectivity index (χ0v) is 12.0. The summed E-state index contributed by atoms with van der Waals surface area (Å²) in [5.74, 6) is -0.0218. The summed E-state index contributed by atoms with van der Waals surface area (Å²) in [5, 5.41) is 5.47. The maximum atomic E-state index is 12.0. The van der Waals surface area contributed by atoms with E-state index in [1.165, 1.54) is 18.5 Å². The molecule has 0 aliphatic carbocycles. The Morgan fingerprint density at radius 1 is 1.30 bits per heavy atom. The average molecular weight is 283 g/mol. The van der Waals surface area contributed by atoms with Crippen LogP contribution in [0.5, 0.6) is 0 Å². The first-order chi connectivity index (χ1) is 9.40. The molecule has 0 spiro atoms. The number of nitrogen functional groups attached to an aromatic ring is 1. The molecule has 0 saturated heterocycles. The van der Waals surface area contributed by atoms with Crippen molar-refractivity contribution in [2.75, 3.05) is 24.1 Å². The van der Waals surface area contributed by atoms with Crippen molar-refractivity contribution in [2.45, 2.75) is 26.8 Å². The minimum Gasteiger partial charge on any atom is -0.383 e. The maximum absolute atomic E-state index is 12.0. The first-order valence-corrected chi connectivity index (χ1v) is 6.47. The van der Waals surface area contributed by atoms with E-state index in [4.69, 9.17) is 5.73 Å². The molecule has 0 saturated carbocycles. The van der Waals surface area contributed by atoms with Crippen molar-refractivity contribution in [2.24, 2.45) is 7.05 Å². The van der Waals surface area contributed by atoms with Crippen LogP contribution in [0.15, 0.2) is 9.59 Å². The number of nitrogens with two attached hydrogens (primary N) is 1.